The molecule has 0 unspecified atom stereocenters. The second-order valence-corrected chi connectivity index (χ2v) is 8.24. The lowest BCUT2D eigenvalue weighted by Gasteiger charge is -2.48. The molecule has 4 atom stereocenters. The van der Waals surface area contributed by atoms with E-state index in [2.05, 4.69) is 6.92 Å². The fourth-order valence-electron chi connectivity index (χ4n) is 4.16. The van der Waals surface area contributed by atoms with Gasteiger partial charge in [0.15, 0.2) is 5.79 Å². The molecule has 4 rings (SSSR count). The van der Waals surface area contributed by atoms with Crippen LogP contribution in [0.2, 0.25) is 0 Å². The Morgan fingerprint density at radius 3 is 2.64 bits per heavy atom. The summed E-state index contributed by atoms with van der Waals surface area (Å²) in [5.74, 6) is -2.27. The molecule has 1 amide bonds. The van der Waals surface area contributed by atoms with Gasteiger partial charge in [0.1, 0.15) is 24.9 Å². The van der Waals surface area contributed by atoms with Gasteiger partial charge in [0, 0.05) is 5.69 Å². The second-order valence-electron chi connectivity index (χ2n) is 8.24. The van der Waals surface area contributed by atoms with Gasteiger partial charge in [0.2, 0.25) is 5.79 Å². The van der Waals surface area contributed by atoms with Gasteiger partial charge in [-0.1, -0.05) is 25.5 Å². The number of benzene rings is 1. The molecule has 0 saturated carbocycles. The first kappa shape index (κ1) is 19.8. The maximum atomic E-state index is 12.5. The van der Waals surface area contributed by atoms with Crippen LogP contribution in [0.4, 0.5) is 5.69 Å². The molecule has 7 heteroatoms. The zero-order chi connectivity index (χ0) is 19.9. The molecule has 3 fully saturated rings. The number of anilines is 1. The van der Waals surface area contributed by atoms with Gasteiger partial charge in [-0.25, -0.2) is 0 Å². The van der Waals surface area contributed by atoms with E-state index in [0.717, 1.165) is 24.9 Å². The van der Waals surface area contributed by atoms with E-state index in [1.165, 1.54) is 5.56 Å². The first-order valence-corrected chi connectivity index (χ1v) is 10.0. The minimum atomic E-state index is -1.32. The molecule has 0 aliphatic carbocycles. The number of amides is 1. The molecular formula is C21H29NO6. The van der Waals surface area contributed by atoms with Gasteiger partial charge in [-0.05, 0) is 44.4 Å². The molecule has 0 aromatic heterocycles. The lowest BCUT2D eigenvalue weighted by molar-refractivity contribution is -0.323. The predicted molar refractivity (Wildman–Crippen MR) is 102 cm³/mol. The van der Waals surface area contributed by atoms with Crippen molar-refractivity contribution in [1.29, 1.82) is 0 Å². The smallest absolute Gasteiger partial charge is 0.253 e. The molecule has 3 saturated heterocycles. The first-order valence-electron chi connectivity index (χ1n) is 10.0. The number of nitrogens with zero attached hydrogens (tertiary/aromatic N) is 1. The number of carbonyl (C=O) groups is 1. The topological polar surface area (TPSA) is 77.5 Å². The number of fused-ring (bicyclic) bond motifs is 1. The Labute approximate surface area is 165 Å². The van der Waals surface area contributed by atoms with Gasteiger partial charge >= 0.3 is 0 Å². The lowest BCUT2D eigenvalue weighted by Crippen LogP contribution is -2.68. The summed E-state index contributed by atoms with van der Waals surface area (Å²) >= 11 is 0. The number of aliphatic hydroxyl groups excluding tert-OH is 1. The number of ether oxygens (including phenoxy) is 4. The van der Waals surface area contributed by atoms with Crippen molar-refractivity contribution in [3.05, 3.63) is 29.8 Å². The summed E-state index contributed by atoms with van der Waals surface area (Å²) in [4.78, 5) is 14.1. The Hall–Kier alpha value is -1.51. The average molecular weight is 391 g/mol. The molecule has 154 valence electrons. The molecule has 28 heavy (non-hydrogen) atoms. The molecule has 1 N–H and O–H groups in total. The van der Waals surface area contributed by atoms with Crippen LogP contribution in [0.25, 0.3) is 0 Å². The molecule has 1 spiro atoms. The molecule has 7 nitrogen and oxygen atoms in total. The highest BCUT2D eigenvalue weighted by atomic mass is 16.8. The number of carbonyl (C=O) groups excluding carboxylic acids is 1. The summed E-state index contributed by atoms with van der Waals surface area (Å²) in [6.07, 6.45) is 1.33. The van der Waals surface area contributed by atoms with Gasteiger partial charge < -0.3 is 29.0 Å². The molecular weight excluding hydrogens is 362 g/mol. The van der Waals surface area contributed by atoms with Gasteiger partial charge in [-0.2, -0.15) is 0 Å². The van der Waals surface area contributed by atoms with Crippen molar-refractivity contribution < 1.29 is 28.8 Å². The van der Waals surface area contributed by atoms with E-state index < -0.39 is 23.8 Å². The zero-order valence-electron chi connectivity index (χ0n) is 16.7. The number of unbranched alkanes of at least 4 members (excludes halogenated alkanes) is 1. The molecule has 0 bridgehead atoms. The molecule has 3 heterocycles. The molecule has 1 aromatic rings. The standard InChI is InChI=1S/C21H29NO6/c1-4-5-6-14-7-9-15(10-8-14)22-13-21(26-12-17(22)23)19(24)18-16(11-25-21)27-20(2,3)28-18/h7-10,16,18-19,24H,4-6,11-13H2,1-3H3/t16-,18-,19+,21+/m1/s1. The highest BCUT2D eigenvalue weighted by Crippen LogP contribution is 2.40. The van der Waals surface area contributed by atoms with Crippen LogP contribution in [0.15, 0.2) is 24.3 Å². The monoisotopic (exact) mass is 391 g/mol. The van der Waals surface area contributed by atoms with Crippen molar-refractivity contribution in [2.45, 2.75) is 69.9 Å². The van der Waals surface area contributed by atoms with Crippen LogP contribution in [0.5, 0.6) is 0 Å². The van der Waals surface area contributed by atoms with E-state index in [1.54, 1.807) is 4.90 Å². The van der Waals surface area contributed by atoms with Crippen LogP contribution in [-0.4, -0.2) is 60.7 Å². The average Bonchev–Trinajstić information content (AvgIpc) is 3.00. The van der Waals surface area contributed by atoms with Crippen molar-refractivity contribution >= 4 is 11.6 Å². The number of morpholine rings is 1. The minimum Gasteiger partial charge on any atom is -0.385 e. The SMILES string of the molecule is CCCCc1ccc(N2C[C@@]3(OCC2=O)OC[C@H]2OC(C)(C)O[C@H]2[C@@H]3O)cc1. The van der Waals surface area contributed by atoms with E-state index in [1.807, 2.05) is 38.1 Å². The van der Waals surface area contributed by atoms with E-state index in [4.69, 9.17) is 18.9 Å². The van der Waals surface area contributed by atoms with Crippen molar-refractivity contribution in [3.8, 4) is 0 Å². The van der Waals surface area contributed by atoms with Crippen LogP contribution < -0.4 is 4.90 Å². The summed E-state index contributed by atoms with van der Waals surface area (Å²) in [6.45, 7) is 5.97. The Morgan fingerprint density at radius 1 is 1.18 bits per heavy atom. The van der Waals surface area contributed by atoms with Crippen molar-refractivity contribution in [2.24, 2.45) is 0 Å². The number of rotatable bonds is 4. The Bertz CT molecular complexity index is 720. The summed E-state index contributed by atoms with van der Waals surface area (Å²) in [5, 5.41) is 11.0. The Kier molecular flexibility index (Phi) is 5.22. The van der Waals surface area contributed by atoms with E-state index in [-0.39, 0.29) is 31.8 Å². The van der Waals surface area contributed by atoms with E-state index in [0.29, 0.717) is 0 Å². The Morgan fingerprint density at radius 2 is 1.93 bits per heavy atom. The highest BCUT2D eigenvalue weighted by molar-refractivity contribution is 5.95. The fourth-order valence-corrected chi connectivity index (χ4v) is 4.16. The number of hydrogen-bond donors (Lipinski definition) is 1. The maximum Gasteiger partial charge on any atom is 0.253 e. The van der Waals surface area contributed by atoms with Crippen molar-refractivity contribution in [1.82, 2.24) is 0 Å². The molecule has 1 aromatic carbocycles. The lowest BCUT2D eigenvalue weighted by atomic mass is 9.95. The van der Waals surface area contributed by atoms with Gasteiger partial charge in [0.05, 0.1) is 13.2 Å². The van der Waals surface area contributed by atoms with Crippen LogP contribution in [-0.2, 0) is 30.2 Å². The minimum absolute atomic E-state index is 0.105. The summed E-state index contributed by atoms with van der Waals surface area (Å²) in [5.41, 5.74) is 2.02. The van der Waals surface area contributed by atoms with Crippen LogP contribution >= 0.6 is 0 Å². The maximum absolute atomic E-state index is 12.5. The van der Waals surface area contributed by atoms with Crippen LogP contribution in [0, 0.1) is 0 Å². The first-order chi connectivity index (χ1) is 13.3. The number of aryl methyl sites for hydroxylation is 1. The molecule has 3 aliphatic heterocycles. The number of hydrogen-bond acceptors (Lipinski definition) is 6. The van der Waals surface area contributed by atoms with Crippen LogP contribution in [0.1, 0.15) is 39.2 Å². The van der Waals surface area contributed by atoms with Gasteiger partial charge in [-0.15, -0.1) is 0 Å². The molecule has 0 radical (unpaired) electrons. The van der Waals surface area contributed by atoms with Gasteiger partial charge in [0.25, 0.3) is 5.91 Å². The normalized spacial score (nSPS) is 34.6. The summed E-state index contributed by atoms with van der Waals surface area (Å²) in [7, 11) is 0. The summed E-state index contributed by atoms with van der Waals surface area (Å²) in [6, 6.07) is 7.98. The predicted octanol–water partition coefficient (Wildman–Crippen LogP) is 2.00. The van der Waals surface area contributed by atoms with Crippen molar-refractivity contribution in [2.75, 3.05) is 24.7 Å². The Balaban J connectivity index is 1.52. The van der Waals surface area contributed by atoms with Crippen LogP contribution in [0.3, 0.4) is 0 Å². The third-order valence-electron chi connectivity index (χ3n) is 5.66. The second kappa shape index (κ2) is 7.39. The largest absolute Gasteiger partial charge is 0.385 e. The van der Waals surface area contributed by atoms with E-state index in [9.17, 15) is 9.90 Å². The number of aliphatic hydroxyl groups is 1. The summed E-state index contributed by atoms with van der Waals surface area (Å²) < 4.78 is 23.3. The van der Waals surface area contributed by atoms with E-state index >= 15 is 0 Å². The molecule has 3 aliphatic rings. The third kappa shape index (κ3) is 3.57. The van der Waals surface area contributed by atoms with Gasteiger partial charge in [-0.3, -0.25) is 4.79 Å². The quantitative estimate of drug-likeness (QED) is 0.846. The third-order valence-corrected chi connectivity index (χ3v) is 5.66. The van der Waals surface area contributed by atoms with Crippen molar-refractivity contribution in [3.63, 3.8) is 0 Å². The zero-order valence-corrected chi connectivity index (χ0v) is 16.7. The fraction of sp³-hybridized carbons (Fsp3) is 0.667. The highest BCUT2D eigenvalue weighted by Gasteiger charge is 2.60.